The third-order valence-electron chi connectivity index (χ3n) is 3.54. The molecule has 4 nitrogen and oxygen atoms in total. The number of hydrogen-bond acceptors (Lipinski definition) is 2. The molecule has 1 aromatic heterocycles. The van der Waals surface area contributed by atoms with Crippen LogP contribution >= 0.6 is 0 Å². The molecule has 1 aliphatic heterocycles. The van der Waals surface area contributed by atoms with Gasteiger partial charge in [0.1, 0.15) is 0 Å². The van der Waals surface area contributed by atoms with Crippen molar-refractivity contribution in [3.05, 3.63) is 17.0 Å². The lowest BCUT2D eigenvalue weighted by Gasteiger charge is -2.33. The van der Waals surface area contributed by atoms with Crippen LogP contribution in [0.15, 0.2) is 0 Å². The number of carbonyl (C=O) groups is 1. The maximum Gasteiger partial charge on any atom is 0.229 e. The minimum absolute atomic E-state index is 0.0611. The number of carbonyl (C=O) groups excluding carboxylic acids is 1. The molecule has 0 aromatic carbocycles. The summed E-state index contributed by atoms with van der Waals surface area (Å²) in [6.45, 7) is 7.82. The van der Waals surface area contributed by atoms with Gasteiger partial charge in [0, 0.05) is 31.4 Å². The van der Waals surface area contributed by atoms with Gasteiger partial charge < -0.3 is 4.90 Å². The minimum atomic E-state index is -0.0611. The summed E-state index contributed by atoms with van der Waals surface area (Å²) in [6.07, 6.45) is 1.14. The van der Waals surface area contributed by atoms with Crippen LogP contribution < -0.4 is 0 Å². The number of hydrogen-bond donors (Lipinski definition) is 0. The number of rotatable bonds is 2. The van der Waals surface area contributed by atoms with Gasteiger partial charge in [-0.3, -0.25) is 9.48 Å². The van der Waals surface area contributed by atoms with Gasteiger partial charge in [0.05, 0.1) is 11.6 Å². The minimum Gasteiger partial charge on any atom is -0.342 e. The van der Waals surface area contributed by atoms with Gasteiger partial charge in [-0.05, 0) is 27.2 Å². The maximum absolute atomic E-state index is 12.1. The Bertz CT molecular complexity index is 418. The van der Waals surface area contributed by atoms with E-state index in [1.54, 1.807) is 0 Å². The monoisotopic (exact) mass is 221 g/mol. The number of aromatic nitrogens is 2. The first kappa shape index (κ1) is 11.2. The van der Waals surface area contributed by atoms with E-state index in [1.165, 1.54) is 0 Å². The largest absolute Gasteiger partial charge is 0.342 e. The van der Waals surface area contributed by atoms with Crippen molar-refractivity contribution in [2.75, 3.05) is 13.1 Å². The molecule has 0 bridgehead atoms. The van der Waals surface area contributed by atoms with Crippen LogP contribution in [0.2, 0.25) is 0 Å². The van der Waals surface area contributed by atoms with Crippen LogP contribution in [0.5, 0.6) is 0 Å². The number of likely N-dealkylation sites (tertiary alicyclic amines) is 1. The summed E-state index contributed by atoms with van der Waals surface area (Å²) in [5, 5.41) is 4.36. The van der Waals surface area contributed by atoms with Crippen LogP contribution in [-0.4, -0.2) is 33.7 Å². The molecule has 0 spiro atoms. The van der Waals surface area contributed by atoms with Gasteiger partial charge >= 0.3 is 0 Å². The smallest absolute Gasteiger partial charge is 0.229 e. The Kier molecular flexibility index (Phi) is 2.74. The third-order valence-corrected chi connectivity index (χ3v) is 3.54. The second-order valence-corrected chi connectivity index (χ2v) is 4.61. The van der Waals surface area contributed by atoms with Gasteiger partial charge in [0.2, 0.25) is 5.91 Å². The molecule has 0 radical (unpaired) electrons. The third kappa shape index (κ3) is 1.62. The Morgan fingerprint density at radius 1 is 1.38 bits per heavy atom. The van der Waals surface area contributed by atoms with Crippen molar-refractivity contribution < 1.29 is 4.79 Å². The lowest BCUT2D eigenvalue weighted by molar-refractivity contribution is -0.135. The van der Waals surface area contributed by atoms with E-state index >= 15 is 0 Å². The molecular formula is C12H19N3O. The van der Waals surface area contributed by atoms with E-state index in [4.69, 9.17) is 0 Å². The predicted octanol–water partition coefficient (Wildman–Crippen LogP) is 1.37. The number of amides is 1. The van der Waals surface area contributed by atoms with Crippen molar-refractivity contribution >= 4 is 5.91 Å². The standard InChI is InChI=1S/C12H19N3O/c1-8(12(16)15-6-5-7-15)11-9(2)13-14(4)10(11)3/h8H,5-7H2,1-4H3. The summed E-state index contributed by atoms with van der Waals surface area (Å²) < 4.78 is 1.85. The predicted molar refractivity (Wildman–Crippen MR) is 62.3 cm³/mol. The molecule has 4 heteroatoms. The van der Waals surface area contributed by atoms with Crippen LogP contribution in [0.4, 0.5) is 0 Å². The summed E-state index contributed by atoms with van der Waals surface area (Å²) in [7, 11) is 1.92. The number of nitrogens with zero attached hydrogens (tertiary/aromatic N) is 3. The zero-order valence-corrected chi connectivity index (χ0v) is 10.4. The molecule has 0 N–H and O–H groups in total. The van der Waals surface area contributed by atoms with E-state index in [2.05, 4.69) is 5.10 Å². The first-order chi connectivity index (χ1) is 7.52. The molecule has 1 saturated heterocycles. The summed E-state index contributed by atoms with van der Waals surface area (Å²) in [4.78, 5) is 14.1. The van der Waals surface area contributed by atoms with Gasteiger partial charge in [-0.25, -0.2) is 0 Å². The van der Waals surface area contributed by atoms with Crippen molar-refractivity contribution in [3.8, 4) is 0 Å². The Morgan fingerprint density at radius 2 is 2.00 bits per heavy atom. The number of aryl methyl sites for hydroxylation is 2. The van der Waals surface area contributed by atoms with Crippen molar-refractivity contribution in [1.29, 1.82) is 0 Å². The molecule has 2 heterocycles. The summed E-state index contributed by atoms with van der Waals surface area (Å²) in [5.74, 6) is 0.180. The van der Waals surface area contributed by atoms with E-state index in [-0.39, 0.29) is 11.8 Å². The summed E-state index contributed by atoms with van der Waals surface area (Å²) >= 11 is 0. The average Bonchev–Trinajstić information content (AvgIpc) is 2.37. The highest BCUT2D eigenvalue weighted by molar-refractivity contribution is 5.84. The van der Waals surface area contributed by atoms with Gasteiger partial charge in [-0.1, -0.05) is 0 Å². The van der Waals surface area contributed by atoms with Gasteiger partial charge in [0.15, 0.2) is 0 Å². The van der Waals surface area contributed by atoms with Crippen LogP contribution in [0.3, 0.4) is 0 Å². The zero-order valence-electron chi connectivity index (χ0n) is 10.4. The Hall–Kier alpha value is -1.32. The average molecular weight is 221 g/mol. The van der Waals surface area contributed by atoms with E-state index in [0.717, 1.165) is 36.5 Å². The highest BCUT2D eigenvalue weighted by Crippen LogP contribution is 2.26. The van der Waals surface area contributed by atoms with Gasteiger partial charge in [-0.2, -0.15) is 5.10 Å². The molecule has 16 heavy (non-hydrogen) atoms. The van der Waals surface area contributed by atoms with Crippen molar-refractivity contribution in [2.45, 2.75) is 33.1 Å². The maximum atomic E-state index is 12.1. The van der Waals surface area contributed by atoms with E-state index < -0.39 is 0 Å². The van der Waals surface area contributed by atoms with E-state index in [0.29, 0.717) is 0 Å². The molecule has 88 valence electrons. The Labute approximate surface area is 96.2 Å². The lowest BCUT2D eigenvalue weighted by atomic mass is 9.96. The van der Waals surface area contributed by atoms with Crippen molar-refractivity contribution in [3.63, 3.8) is 0 Å². The summed E-state index contributed by atoms with van der Waals surface area (Å²) in [5.41, 5.74) is 3.17. The second kappa shape index (κ2) is 3.92. The molecule has 0 aliphatic carbocycles. The van der Waals surface area contributed by atoms with Crippen LogP contribution in [0.1, 0.15) is 36.2 Å². The topological polar surface area (TPSA) is 38.1 Å². The molecule has 1 aromatic rings. The van der Waals surface area contributed by atoms with Crippen molar-refractivity contribution in [2.24, 2.45) is 7.05 Å². The zero-order chi connectivity index (χ0) is 11.9. The fourth-order valence-electron chi connectivity index (χ4n) is 2.35. The molecule has 1 amide bonds. The fourth-order valence-corrected chi connectivity index (χ4v) is 2.35. The van der Waals surface area contributed by atoms with Crippen LogP contribution in [0.25, 0.3) is 0 Å². The first-order valence-electron chi connectivity index (χ1n) is 5.81. The van der Waals surface area contributed by atoms with E-state index in [9.17, 15) is 4.79 Å². The van der Waals surface area contributed by atoms with E-state index in [1.807, 2.05) is 37.4 Å². The lowest BCUT2D eigenvalue weighted by Crippen LogP contribution is -2.44. The fraction of sp³-hybridized carbons (Fsp3) is 0.667. The SMILES string of the molecule is Cc1nn(C)c(C)c1C(C)C(=O)N1CCC1. The van der Waals surface area contributed by atoms with Gasteiger partial charge in [-0.15, -0.1) is 0 Å². The molecule has 1 atom stereocenters. The molecular weight excluding hydrogens is 202 g/mol. The molecule has 1 fully saturated rings. The molecule has 1 unspecified atom stereocenters. The Morgan fingerprint density at radius 3 is 2.38 bits per heavy atom. The Balaban J connectivity index is 2.25. The molecule has 1 aliphatic rings. The highest BCUT2D eigenvalue weighted by Gasteiger charge is 2.29. The summed E-state index contributed by atoms with van der Waals surface area (Å²) in [6, 6.07) is 0. The normalized spacial score (nSPS) is 17.1. The molecule has 2 rings (SSSR count). The van der Waals surface area contributed by atoms with Gasteiger partial charge in [0.25, 0.3) is 0 Å². The van der Waals surface area contributed by atoms with Crippen LogP contribution in [-0.2, 0) is 11.8 Å². The van der Waals surface area contributed by atoms with Crippen LogP contribution in [0, 0.1) is 13.8 Å². The highest BCUT2D eigenvalue weighted by atomic mass is 16.2. The second-order valence-electron chi connectivity index (χ2n) is 4.61. The van der Waals surface area contributed by atoms with Crippen molar-refractivity contribution in [1.82, 2.24) is 14.7 Å². The first-order valence-corrected chi connectivity index (χ1v) is 5.81. The quantitative estimate of drug-likeness (QED) is 0.756. The molecule has 0 saturated carbocycles.